The lowest BCUT2D eigenvalue weighted by Crippen LogP contribution is -2.34. The molecule has 2 heterocycles. The molecule has 14 heteroatoms. The minimum atomic E-state index is -4.58. The topological polar surface area (TPSA) is 165 Å². The van der Waals surface area contributed by atoms with Crippen molar-refractivity contribution in [2.24, 2.45) is 7.05 Å². The molecule has 0 fully saturated rings. The van der Waals surface area contributed by atoms with Crippen LogP contribution in [0.2, 0.25) is 0 Å². The molecule has 4 N–H and O–H groups in total. The fourth-order valence-corrected chi connectivity index (χ4v) is 3.89. The van der Waals surface area contributed by atoms with Crippen LogP contribution in [0.25, 0.3) is 11.3 Å². The predicted octanol–water partition coefficient (Wildman–Crippen LogP) is 2.32. The molecule has 1 atom stereocenters. The van der Waals surface area contributed by atoms with Crippen LogP contribution in [-0.4, -0.2) is 21.4 Å². The zero-order valence-corrected chi connectivity index (χ0v) is 18.3. The van der Waals surface area contributed by atoms with Gasteiger partial charge in [0, 0.05) is 5.69 Å². The van der Waals surface area contributed by atoms with Gasteiger partial charge in [-0.1, -0.05) is 22.5 Å². The van der Waals surface area contributed by atoms with E-state index < -0.39 is 28.5 Å². The van der Waals surface area contributed by atoms with Crippen LogP contribution in [0.15, 0.2) is 38.6 Å². The summed E-state index contributed by atoms with van der Waals surface area (Å²) in [6.45, 7) is 1.44. The van der Waals surface area contributed by atoms with Crippen LogP contribution in [-0.2, 0) is 18.0 Å². The Bertz CT molecular complexity index is 1420. The highest BCUT2D eigenvalue weighted by molar-refractivity contribution is 8.00. The molecule has 3 aromatic rings. The number of hydrogen-bond donors (Lipinski definition) is 3. The van der Waals surface area contributed by atoms with Crippen LogP contribution < -0.4 is 21.4 Å². The number of aromatic amines is 1. The number of carbonyl (C=O) groups is 1. The number of thioether (sulfide) groups is 1. The summed E-state index contributed by atoms with van der Waals surface area (Å²) in [5.74, 6) is -0.962. The average Bonchev–Trinajstić information content (AvgIpc) is 3.10. The summed E-state index contributed by atoms with van der Waals surface area (Å²) in [6.07, 6.45) is -4.58. The second-order valence-corrected chi connectivity index (χ2v) is 8.20. The molecule has 0 aliphatic carbocycles. The highest BCUT2D eigenvalue weighted by Gasteiger charge is 2.33. The summed E-state index contributed by atoms with van der Waals surface area (Å²) in [6, 6.07) is 7.79. The minimum absolute atomic E-state index is 0.0544. The molecule has 0 saturated heterocycles. The number of amides is 1. The fraction of sp³-hybridized carbons (Fsp3) is 0.200. The van der Waals surface area contributed by atoms with E-state index in [1.54, 1.807) is 0 Å². The zero-order valence-electron chi connectivity index (χ0n) is 17.5. The maximum Gasteiger partial charge on any atom is 0.435 e. The molecule has 0 aliphatic rings. The summed E-state index contributed by atoms with van der Waals surface area (Å²) >= 11 is 0.779. The number of benzene rings is 1. The van der Waals surface area contributed by atoms with Crippen molar-refractivity contribution >= 4 is 29.2 Å². The largest absolute Gasteiger partial charge is 0.435 e. The lowest BCUT2D eigenvalue weighted by molar-refractivity contribution is -0.730. The van der Waals surface area contributed by atoms with Gasteiger partial charge in [-0.25, -0.2) is 9.78 Å². The third-order valence-corrected chi connectivity index (χ3v) is 5.66. The van der Waals surface area contributed by atoms with E-state index in [9.17, 15) is 33.3 Å². The van der Waals surface area contributed by atoms with Gasteiger partial charge in [0.2, 0.25) is 5.91 Å². The molecule has 0 radical (unpaired) electrons. The van der Waals surface area contributed by atoms with E-state index in [1.807, 2.05) is 12.1 Å². The maximum absolute atomic E-state index is 12.9. The molecular formula is C20H15F3N7O3S+. The Hall–Kier alpha value is -4.30. The highest BCUT2D eigenvalue weighted by Crippen LogP contribution is 2.35. The van der Waals surface area contributed by atoms with Crippen LogP contribution in [0.1, 0.15) is 23.6 Å². The fourth-order valence-electron chi connectivity index (χ4n) is 2.97. The SMILES string of the molecule is CC(Sc1nc(N)c(C#N)c(-c2c(=O)o[nH][n+]2C)c1C#N)C(=O)Nc1cccc(C(F)(F)F)c1. The van der Waals surface area contributed by atoms with Crippen molar-refractivity contribution in [3.63, 3.8) is 0 Å². The minimum Gasteiger partial charge on any atom is -0.383 e. The first kappa shape index (κ1) is 24.3. The number of nitrogens with zero attached hydrogens (tertiary/aromatic N) is 4. The number of aryl methyl sites for hydroxylation is 1. The maximum atomic E-state index is 12.9. The molecule has 3 rings (SSSR count). The molecule has 10 nitrogen and oxygen atoms in total. The third-order valence-electron chi connectivity index (χ3n) is 4.57. The Balaban J connectivity index is 1.97. The number of halogens is 3. The molecule has 0 spiro atoms. The lowest BCUT2D eigenvalue weighted by Gasteiger charge is -2.15. The van der Waals surface area contributed by atoms with Crippen LogP contribution >= 0.6 is 11.8 Å². The first-order valence-corrected chi connectivity index (χ1v) is 10.2. The normalized spacial score (nSPS) is 12.0. The van der Waals surface area contributed by atoms with Gasteiger partial charge < -0.3 is 11.1 Å². The monoisotopic (exact) mass is 490 g/mol. The summed E-state index contributed by atoms with van der Waals surface area (Å²) in [5.41, 5.74) is 3.30. The van der Waals surface area contributed by atoms with E-state index in [0.717, 1.165) is 34.6 Å². The second kappa shape index (κ2) is 9.29. The van der Waals surface area contributed by atoms with Crippen molar-refractivity contribution in [2.75, 3.05) is 11.1 Å². The molecule has 174 valence electrons. The number of nitrogen functional groups attached to an aromatic ring is 1. The quantitative estimate of drug-likeness (QED) is 0.362. The van der Waals surface area contributed by atoms with E-state index in [-0.39, 0.29) is 38.9 Å². The molecule has 2 aromatic heterocycles. The van der Waals surface area contributed by atoms with Crippen molar-refractivity contribution in [2.45, 2.75) is 23.4 Å². The molecule has 0 aliphatic heterocycles. The number of hydrogen-bond acceptors (Lipinski definition) is 8. The molecule has 1 aromatic carbocycles. The van der Waals surface area contributed by atoms with Gasteiger partial charge in [0.1, 0.15) is 34.1 Å². The van der Waals surface area contributed by atoms with Crippen molar-refractivity contribution in [1.82, 2.24) is 10.3 Å². The van der Waals surface area contributed by atoms with E-state index in [2.05, 4.69) is 15.6 Å². The zero-order chi connectivity index (χ0) is 25.2. The Labute approximate surface area is 193 Å². The predicted molar refractivity (Wildman–Crippen MR) is 113 cm³/mol. The Kier molecular flexibility index (Phi) is 6.65. The average molecular weight is 490 g/mol. The van der Waals surface area contributed by atoms with Gasteiger partial charge in [-0.3, -0.25) is 9.32 Å². The lowest BCUT2D eigenvalue weighted by atomic mass is 10.0. The number of aromatic nitrogens is 3. The van der Waals surface area contributed by atoms with Gasteiger partial charge in [0.05, 0.1) is 16.4 Å². The van der Waals surface area contributed by atoms with Gasteiger partial charge in [0.25, 0.3) is 0 Å². The number of nitriles is 2. The highest BCUT2D eigenvalue weighted by atomic mass is 32.2. The standard InChI is InChI=1S/C20H14F3N7O3S/c1-9(17(31)27-11-5-3-4-10(6-11)20(21,22)23)34-18-13(8-25)14(12(7-24)16(26)28-18)15-19(32)33-29-30(15)2/h3-6,9H,1-2H3,(H3-,26,27,28,29,31,32)/p+1. The van der Waals surface area contributed by atoms with Gasteiger partial charge in [-0.05, 0) is 30.4 Å². The molecule has 1 amide bonds. The second-order valence-electron chi connectivity index (χ2n) is 6.87. The molecule has 1 unspecified atom stereocenters. The summed E-state index contributed by atoms with van der Waals surface area (Å²) in [5, 5.41) is 22.9. The Morgan fingerprint density at radius 2 is 2.00 bits per heavy atom. The molecule has 0 saturated carbocycles. The van der Waals surface area contributed by atoms with E-state index >= 15 is 0 Å². The van der Waals surface area contributed by atoms with Gasteiger partial charge in [-0.15, -0.1) is 0 Å². The first-order valence-electron chi connectivity index (χ1n) is 9.34. The van der Waals surface area contributed by atoms with Crippen LogP contribution in [0.5, 0.6) is 0 Å². The number of nitrogens with one attached hydrogen (secondary N) is 2. The van der Waals surface area contributed by atoms with Gasteiger partial charge in [0.15, 0.2) is 7.05 Å². The van der Waals surface area contributed by atoms with E-state index in [4.69, 9.17) is 10.3 Å². The molecular weight excluding hydrogens is 475 g/mol. The van der Waals surface area contributed by atoms with E-state index in [1.165, 1.54) is 20.0 Å². The van der Waals surface area contributed by atoms with Crippen molar-refractivity contribution in [1.29, 1.82) is 10.5 Å². The Morgan fingerprint density at radius 1 is 1.32 bits per heavy atom. The van der Waals surface area contributed by atoms with E-state index in [0.29, 0.717) is 0 Å². The number of pyridine rings is 1. The smallest absolute Gasteiger partial charge is 0.383 e. The number of anilines is 2. The van der Waals surface area contributed by atoms with Crippen molar-refractivity contribution in [3.8, 4) is 23.4 Å². The van der Waals surface area contributed by atoms with Gasteiger partial charge >= 0.3 is 17.5 Å². The molecule has 0 bridgehead atoms. The third kappa shape index (κ3) is 4.72. The number of H-pyrrole nitrogens is 1. The number of alkyl halides is 3. The van der Waals surface area contributed by atoms with Gasteiger partial charge in [-0.2, -0.15) is 23.7 Å². The van der Waals surface area contributed by atoms with Crippen LogP contribution in [0.4, 0.5) is 24.7 Å². The van der Waals surface area contributed by atoms with Crippen LogP contribution in [0, 0.1) is 22.7 Å². The van der Waals surface area contributed by atoms with Crippen molar-refractivity contribution < 1.29 is 27.2 Å². The Morgan fingerprint density at radius 3 is 2.56 bits per heavy atom. The summed E-state index contributed by atoms with van der Waals surface area (Å²) in [7, 11) is 1.41. The summed E-state index contributed by atoms with van der Waals surface area (Å²) < 4.78 is 44.6. The molecule has 34 heavy (non-hydrogen) atoms. The number of nitrogens with two attached hydrogens (primary N) is 1. The van der Waals surface area contributed by atoms with Crippen LogP contribution in [0.3, 0.4) is 0 Å². The number of rotatable bonds is 5. The first-order chi connectivity index (χ1) is 16.0. The number of carbonyl (C=O) groups excluding carboxylic acids is 1. The van der Waals surface area contributed by atoms with Crippen molar-refractivity contribution in [3.05, 3.63) is 51.4 Å². The summed E-state index contributed by atoms with van der Waals surface area (Å²) in [4.78, 5) is 28.8.